The summed E-state index contributed by atoms with van der Waals surface area (Å²) in [5, 5.41) is 7.20. The molecule has 1 aliphatic carbocycles. The Labute approximate surface area is 149 Å². The Bertz CT molecular complexity index is 536. The third kappa shape index (κ3) is 4.25. The van der Waals surface area contributed by atoms with Crippen molar-refractivity contribution in [1.29, 1.82) is 0 Å². The van der Waals surface area contributed by atoms with Gasteiger partial charge in [-0.15, -0.1) is 0 Å². The number of fused-ring (bicyclic) bond motifs is 1. The molecular weight excluding hydrogens is 324 g/mol. The second-order valence-electron chi connectivity index (χ2n) is 7.74. The molecule has 7 heteroatoms. The number of esters is 1. The minimum Gasteiger partial charge on any atom is -0.469 e. The second-order valence-corrected chi connectivity index (χ2v) is 7.74. The van der Waals surface area contributed by atoms with Crippen LogP contribution in [-0.2, 0) is 19.1 Å². The normalized spacial score (nSPS) is 28.2. The van der Waals surface area contributed by atoms with Gasteiger partial charge < -0.3 is 19.6 Å². The number of nitrogens with one attached hydrogen (secondary N) is 1. The van der Waals surface area contributed by atoms with Crippen molar-refractivity contribution in [2.45, 2.75) is 71.6 Å². The van der Waals surface area contributed by atoms with E-state index in [4.69, 9.17) is 14.3 Å². The van der Waals surface area contributed by atoms with Gasteiger partial charge in [-0.25, -0.2) is 4.79 Å². The van der Waals surface area contributed by atoms with Crippen LogP contribution in [0.2, 0.25) is 0 Å². The van der Waals surface area contributed by atoms with E-state index in [1.165, 1.54) is 7.11 Å². The number of carbonyl (C=O) groups is 2. The molecule has 2 aliphatic rings. The average Bonchev–Trinajstić information content (AvgIpc) is 3.08. The van der Waals surface area contributed by atoms with Crippen LogP contribution in [0, 0.1) is 17.8 Å². The minimum absolute atomic E-state index is 0.124. The summed E-state index contributed by atoms with van der Waals surface area (Å²) in [5.74, 6) is -0.620. The van der Waals surface area contributed by atoms with Gasteiger partial charge in [0.2, 0.25) is 0 Å². The van der Waals surface area contributed by atoms with Gasteiger partial charge >= 0.3 is 12.1 Å². The molecule has 25 heavy (non-hydrogen) atoms. The fourth-order valence-electron chi connectivity index (χ4n) is 3.77. The first kappa shape index (κ1) is 19.5. The number of methoxy groups -OCH3 is 1. The van der Waals surface area contributed by atoms with Crippen LogP contribution in [0.5, 0.6) is 0 Å². The van der Waals surface area contributed by atoms with Crippen LogP contribution in [-0.4, -0.2) is 42.6 Å². The Hall–Kier alpha value is -1.79. The Kier molecular flexibility index (Phi) is 5.95. The Morgan fingerprint density at radius 3 is 2.48 bits per heavy atom. The molecule has 0 bridgehead atoms. The fourth-order valence-corrected chi connectivity index (χ4v) is 3.77. The number of carbonyl (C=O) groups excluding carboxylic acids is 2. The minimum atomic E-state index is -0.581. The lowest BCUT2D eigenvalue weighted by atomic mass is 9.84. The van der Waals surface area contributed by atoms with E-state index in [-0.39, 0.29) is 30.0 Å². The summed E-state index contributed by atoms with van der Waals surface area (Å²) in [7, 11) is 1.36. The molecule has 0 aromatic heterocycles. The van der Waals surface area contributed by atoms with E-state index in [0.717, 1.165) is 18.6 Å². The molecule has 1 N–H and O–H groups in total. The van der Waals surface area contributed by atoms with Gasteiger partial charge in [0.25, 0.3) is 0 Å². The van der Waals surface area contributed by atoms with Gasteiger partial charge in [-0.3, -0.25) is 4.79 Å². The zero-order valence-electron chi connectivity index (χ0n) is 16.0. The van der Waals surface area contributed by atoms with Crippen molar-refractivity contribution in [2.75, 3.05) is 7.11 Å². The molecule has 7 nitrogen and oxygen atoms in total. The molecule has 1 heterocycles. The molecule has 0 aromatic rings. The van der Waals surface area contributed by atoms with Gasteiger partial charge in [0, 0.05) is 12.0 Å². The number of ether oxygens (including phenoxy) is 2. The van der Waals surface area contributed by atoms with E-state index in [0.29, 0.717) is 6.42 Å². The van der Waals surface area contributed by atoms with E-state index in [1.807, 2.05) is 20.8 Å². The summed E-state index contributed by atoms with van der Waals surface area (Å²) in [5.41, 5.74) is 0.352. The molecule has 0 aromatic carbocycles. The highest BCUT2D eigenvalue weighted by atomic mass is 16.6. The van der Waals surface area contributed by atoms with Gasteiger partial charge in [-0.1, -0.05) is 19.0 Å². The molecule has 1 fully saturated rings. The maximum atomic E-state index is 12.2. The quantitative estimate of drug-likeness (QED) is 0.767. The highest BCUT2D eigenvalue weighted by Gasteiger charge is 2.55. The van der Waals surface area contributed by atoms with E-state index in [2.05, 4.69) is 24.3 Å². The SMILES string of the molecule is CCC(CC)C1=NO[C@H]2C1C(NC(=O)OC(C)(C)C)C[C@@H]2C(=O)OC. The maximum Gasteiger partial charge on any atom is 0.407 e. The standard InChI is InChI=1S/C18H30N2O5/c1-7-10(8-2)14-13-12(19-17(22)24-18(3,4)5)9-11(16(21)23-6)15(13)25-20-14/h10-13,15H,7-9H2,1-6H3,(H,19,22)/t11-,12?,13?,15+/m0/s1. The third-order valence-electron chi connectivity index (χ3n) is 4.92. The molecular formula is C18H30N2O5. The summed E-state index contributed by atoms with van der Waals surface area (Å²) in [4.78, 5) is 30.0. The third-order valence-corrected chi connectivity index (χ3v) is 4.92. The molecule has 4 atom stereocenters. The highest BCUT2D eigenvalue weighted by molar-refractivity contribution is 5.93. The van der Waals surface area contributed by atoms with Crippen LogP contribution in [0.4, 0.5) is 4.79 Å². The summed E-state index contributed by atoms with van der Waals surface area (Å²) in [6, 6.07) is -0.259. The molecule has 1 saturated carbocycles. The zero-order chi connectivity index (χ0) is 18.8. The Balaban J connectivity index is 2.20. The first-order chi connectivity index (χ1) is 11.7. The van der Waals surface area contributed by atoms with Gasteiger partial charge in [0.15, 0.2) is 6.10 Å². The van der Waals surface area contributed by atoms with E-state index < -0.39 is 17.6 Å². The predicted octanol–water partition coefficient (Wildman–Crippen LogP) is 2.88. The molecule has 0 radical (unpaired) electrons. The molecule has 142 valence electrons. The van der Waals surface area contributed by atoms with E-state index in [1.54, 1.807) is 0 Å². The van der Waals surface area contributed by atoms with Crippen LogP contribution >= 0.6 is 0 Å². The molecule has 1 aliphatic heterocycles. The van der Waals surface area contributed by atoms with Crippen molar-refractivity contribution in [3.63, 3.8) is 0 Å². The number of oxime groups is 1. The smallest absolute Gasteiger partial charge is 0.407 e. The van der Waals surface area contributed by atoms with Crippen molar-refractivity contribution in [3.05, 3.63) is 0 Å². The topological polar surface area (TPSA) is 86.2 Å². The van der Waals surface area contributed by atoms with E-state index >= 15 is 0 Å². The van der Waals surface area contributed by atoms with Crippen LogP contribution in [0.15, 0.2) is 5.16 Å². The number of rotatable bonds is 5. The molecule has 2 rings (SSSR count). The molecule has 0 saturated heterocycles. The fraction of sp³-hybridized carbons (Fsp3) is 0.833. The van der Waals surface area contributed by atoms with Crippen molar-refractivity contribution in [1.82, 2.24) is 5.32 Å². The van der Waals surface area contributed by atoms with Crippen molar-refractivity contribution < 1.29 is 23.9 Å². The van der Waals surface area contributed by atoms with Gasteiger partial charge in [-0.05, 0) is 40.0 Å². The van der Waals surface area contributed by atoms with Gasteiger partial charge in [-0.2, -0.15) is 0 Å². The Morgan fingerprint density at radius 2 is 1.96 bits per heavy atom. The summed E-state index contributed by atoms with van der Waals surface area (Å²) in [6.45, 7) is 9.66. The number of hydrogen-bond acceptors (Lipinski definition) is 6. The lowest BCUT2D eigenvalue weighted by Gasteiger charge is -2.25. The van der Waals surface area contributed by atoms with Crippen molar-refractivity contribution in [2.24, 2.45) is 22.9 Å². The highest BCUT2D eigenvalue weighted by Crippen LogP contribution is 2.42. The van der Waals surface area contributed by atoms with Gasteiger partial charge in [0.1, 0.15) is 5.60 Å². The van der Waals surface area contributed by atoms with Crippen molar-refractivity contribution in [3.8, 4) is 0 Å². The summed E-state index contributed by atoms with van der Waals surface area (Å²) < 4.78 is 10.3. The number of nitrogens with zero attached hydrogens (tertiary/aromatic N) is 1. The number of hydrogen-bond donors (Lipinski definition) is 1. The largest absolute Gasteiger partial charge is 0.469 e. The van der Waals surface area contributed by atoms with Crippen LogP contribution in [0.25, 0.3) is 0 Å². The predicted molar refractivity (Wildman–Crippen MR) is 93.2 cm³/mol. The molecule has 2 unspecified atom stereocenters. The average molecular weight is 354 g/mol. The summed E-state index contributed by atoms with van der Waals surface area (Å²) >= 11 is 0. The maximum absolute atomic E-state index is 12.2. The van der Waals surface area contributed by atoms with Crippen LogP contribution < -0.4 is 5.32 Å². The lowest BCUT2D eigenvalue weighted by Crippen LogP contribution is -2.45. The number of amides is 1. The monoisotopic (exact) mass is 354 g/mol. The van der Waals surface area contributed by atoms with Crippen LogP contribution in [0.3, 0.4) is 0 Å². The first-order valence-corrected chi connectivity index (χ1v) is 9.02. The van der Waals surface area contributed by atoms with Gasteiger partial charge in [0.05, 0.1) is 24.7 Å². The molecule has 1 amide bonds. The summed E-state index contributed by atoms with van der Waals surface area (Å²) in [6.07, 6.45) is 1.45. The van der Waals surface area contributed by atoms with Crippen LogP contribution in [0.1, 0.15) is 53.9 Å². The van der Waals surface area contributed by atoms with Crippen molar-refractivity contribution >= 4 is 17.8 Å². The zero-order valence-corrected chi connectivity index (χ0v) is 16.0. The molecule has 0 spiro atoms. The van der Waals surface area contributed by atoms with E-state index in [9.17, 15) is 9.59 Å². The Morgan fingerprint density at radius 1 is 1.32 bits per heavy atom. The second kappa shape index (κ2) is 7.62. The number of alkyl carbamates (subject to hydrolysis) is 1. The first-order valence-electron chi connectivity index (χ1n) is 9.02. The lowest BCUT2D eigenvalue weighted by molar-refractivity contribution is -0.149.